The van der Waals surface area contributed by atoms with Gasteiger partial charge in [0.2, 0.25) is 5.91 Å². The average Bonchev–Trinajstić information content (AvgIpc) is 2.46. The van der Waals surface area contributed by atoms with E-state index in [9.17, 15) is 22.8 Å². The van der Waals surface area contributed by atoms with Crippen molar-refractivity contribution in [3.8, 4) is 0 Å². The minimum atomic E-state index is -4.70. The van der Waals surface area contributed by atoms with E-state index in [1.807, 2.05) is 0 Å². The number of nitrogens with zero attached hydrogens (tertiary/aromatic N) is 1. The van der Waals surface area contributed by atoms with Gasteiger partial charge in [0.05, 0.1) is 5.56 Å². The van der Waals surface area contributed by atoms with Crippen molar-refractivity contribution >= 4 is 11.8 Å². The molecule has 1 saturated carbocycles. The number of alkyl halides is 3. The fourth-order valence-corrected chi connectivity index (χ4v) is 2.66. The molecular formula is C14H16F3N3O2. The zero-order valence-electron chi connectivity index (χ0n) is 11.7. The van der Waals surface area contributed by atoms with Crippen LogP contribution >= 0.6 is 0 Å². The number of nitrogens with one attached hydrogen (secondary N) is 1. The smallest absolute Gasteiger partial charge is 0.369 e. The number of hydrogen-bond acceptors (Lipinski definition) is 3. The van der Waals surface area contributed by atoms with Crippen LogP contribution in [0.25, 0.3) is 0 Å². The fourth-order valence-electron chi connectivity index (χ4n) is 2.66. The summed E-state index contributed by atoms with van der Waals surface area (Å²) in [6, 6.07) is 2.00. The molecule has 5 nitrogen and oxygen atoms in total. The zero-order chi connectivity index (χ0) is 16.3. The van der Waals surface area contributed by atoms with Crippen LogP contribution in [0, 0.1) is 5.92 Å². The molecule has 1 heterocycles. The van der Waals surface area contributed by atoms with Gasteiger partial charge in [0.15, 0.2) is 5.69 Å². The number of nitrogens with two attached hydrogens (primary N) is 1. The molecule has 120 valence electrons. The number of primary amides is 1. The average molecular weight is 315 g/mol. The third-order valence-corrected chi connectivity index (χ3v) is 3.73. The zero-order valence-corrected chi connectivity index (χ0v) is 11.7. The molecule has 0 aromatic carbocycles. The summed E-state index contributed by atoms with van der Waals surface area (Å²) in [6.45, 7) is 0. The first-order valence-corrected chi connectivity index (χ1v) is 6.91. The van der Waals surface area contributed by atoms with Crippen LogP contribution in [0.3, 0.4) is 0 Å². The van der Waals surface area contributed by atoms with E-state index in [1.165, 1.54) is 6.07 Å². The van der Waals surface area contributed by atoms with Crippen LogP contribution in [-0.2, 0) is 11.0 Å². The Morgan fingerprint density at radius 2 is 2.05 bits per heavy atom. The van der Waals surface area contributed by atoms with Crippen LogP contribution in [-0.4, -0.2) is 22.8 Å². The Morgan fingerprint density at radius 3 is 2.68 bits per heavy atom. The molecule has 1 fully saturated rings. The van der Waals surface area contributed by atoms with Gasteiger partial charge in [-0.25, -0.2) is 0 Å². The van der Waals surface area contributed by atoms with Crippen molar-refractivity contribution in [2.75, 3.05) is 0 Å². The number of hydrogen-bond donors (Lipinski definition) is 2. The molecule has 2 unspecified atom stereocenters. The number of carbonyl (C=O) groups is 2. The molecule has 0 radical (unpaired) electrons. The number of pyridine rings is 1. The molecule has 0 saturated heterocycles. The van der Waals surface area contributed by atoms with Gasteiger partial charge in [-0.15, -0.1) is 0 Å². The molecule has 2 rings (SSSR count). The van der Waals surface area contributed by atoms with Crippen LogP contribution in [0.5, 0.6) is 0 Å². The van der Waals surface area contributed by atoms with Crippen LogP contribution in [0.1, 0.15) is 41.7 Å². The van der Waals surface area contributed by atoms with Crippen LogP contribution < -0.4 is 11.1 Å². The van der Waals surface area contributed by atoms with E-state index in [-0.39, 0.29) is 12.0 Å². The van der Waals surface area contributed by atoms with Gasteiger partial charge in [-0.1, -0.05) is 6.42 Å². The molecule has 3 N–H and O–H groups in total. The highest BCUT2D eigenvalue weighted by molar-refractivity contribution is 5.95. The lowest BCUT2D eigenvalue weighted by Crippen LogP contribution is -2.41. The summed E-state index contributed by atoms with van der Waals surface area (Å²) in [4.78, 5) is 26.5. The Balaban J connectivity index is 2.11. The highest BCUT2D eigenvalue weighted by Gasteiger charge is 2.37. The molecule has 2 amide bonds. The van der Waals surface area contributed by atoms with Crippen LogP contribution in [0.15, 0.2) is 18.3 Å². The number of halogens is 3. The van der Waals surface area contributed by atoms with Crippen molar-refractivity contribution in [2.24, 2.45) is 11.7 Å². The van der Waals surface area contributed by atoms with E-state index in [2.05, 4.69) is 10.3 Å². The molecule has 1 aromatic rings. The Morgan fingerprint density at radius 1 is 1.32 bits per heavy atom. The van der Waals surface area contributed by atoms with Crippen molar-refractivity contribution in [1.29, 1.82) is 0 Å². The monoisotopic (exact) mass is 315 g/mol. The van der Waals surface area contributed by atoms with Gasteiger partial charge in [0, 0.05) is 18.2 Å². The lowest BCUT2D eigenvalue weighted by Gasteiger charge is -2.28. The molecule has 0 aliphatic heterocycles. The van der Waals surface area contributed by atoms with E-state index in [1.54, 1.807) is 0 Å². The van der Waals surface area contributed by atoms with Gasteiger partial charge in [-0.05, 0) is 31.4 Å². The first kappa shape index (κ1) is 16.3. The predicted octanol–water partition coefficient (Wildman–Crippen LogP) is 1.87. The molecule has 1 aliphatic rings. The van der Waals surface area contributed by atoms with Crippen molar-refractivity contribution in [1.82, 2.24) is 10.3 Å². The molecule has 22 heavy (non-hydrogen) atoms. The number of rotatable bonds is 3. The molecule has 0 spiro atoms. The van der Waals surface area contributed by atoms with E-state index in [0.717, 1.165) is 12.3 Å². The normalized spacial score (nSPS) is 22.1. The summed E-state index contributed by atoms with van der Waals surface area (Å²) in [5, 5.41) is 2.55. The standard InChI is InChI=1S/C14H16F3N3O2/c15-14(16,17)11-10(5-2-6-19-11)13(22)20-9-4-1-3-8(7-9)12(18)21/h2,5-6,8-9H,1,3-4,7H2,(H2,18,21)(H,20,22). The van der Waals surface area contributed by atoms with E-state index in [0.29, 0.717) is 25.7 Å². The highest BCUT2D eigenvalue weighted by Crippen LogP contribution is 2.30. The first-order chi connectivity index (χ1) is 10.3. The molecular weight excluding hydrogens is 299 g/mol. The Bertz CT molecular complexity index is 575. The third-order valence-electron chi connectivity index (χ3n) is 3.73. The third kappa shape index (κ3) is 3.75. The predicted molar refractivity (Wildman–Crippen MR) is 71.6 cm³/mol. The van der Waals surface area contributed by atoms with E-state index >= 15 is 0 Å². The number of carbonyl (C=O) groups excluding carboxylic acids is 2. The maximum absolute atomic E-state index is 12.9. The summed E-state index contributed by atoms with van der Waals surface area (Å²) in [5.41, 5.74) is 3.51. The van der Waals surface area contributed by atoms with Gasteiger partial charge in [0.1, 0.15) is 0 Å². The lowest BCUT2D eigenvalue weighted by molar-refractivity contribution is -0.141. The SMILES string of the molecule is NC(=O)C1CCCC(NC(=O)c2cccnc2C(F)(F)F)C1. The largest absolute Gasteiger partial charge is 0.434 e. The molecule has 8 heteroatoms. The quantitative estimate of drug-likeness (QED) is 0.893. The van der Waals surface area contributed by atoms with E-state index < -0.39 is 29.2 Å². The number of aromatic nitrogens is 1. The van der Waals surface area contributed by atoms with Gasteiger partial charge in [-0.3, -0.25) is 14.6 Å². The Kier molecular flexibility index (Phi) is 4.68. The molecule has 2 atom stereocenters. The maximum atomic E-state index is 12.9. The summed E-state index contributed by atoms with van der Waals surface area (Å²) in [6.07, 6.45) is -1.42. The topological polar surface area (TPSA) is 85.1 Å². The second-order valence-electron chi connectivity index (χ2n) is 5.33. The Labute approximate surface area is 125 Å². The summed E-state index contributed by atoms with van der Waals surface area (Å²) in [5.74, 6) is -1.64. The molecule has 1 aliphatic carbocycles. The lowest BCUT2D eigenvalue weighted by atomic mass is 9.85. The van der Waals surface area contributed by atoms with Gasteiger partial charge in [0.25, 0.3) is 5.91 Å². The number of amides is 2. The summed E-state index contributed by atoms with van der Waals surface area (Å²) >= 11 is 0. The van der Waals surface area contributed by atoms with E-state index in [4.69, 9.17) is 5.73 Å². The molecule has 0 bridgehead atoms. The van der Waals surface area contributed by atoms with Crippen molar-refractivity contribution < 1.29 is 22.8 Å². The van der Waals surface area contributed by atoms with Gasteiger partial charge < -0.3 is 11.1 Å². The van der Waals surface area contributed by atoms with Crippen LogP contribution in [0.4, 0.5) is 13.2 Å². The highest BCUT2D eigenvalue weighted by atomic mass is 19.4. The van der Waals surface area contributed by atoms with Crippen molar-refractivity contribution in [3.05, 3.63) is 29.6 Å². The van der Waals surface area contributed by atoms with Crippen LogP contribution in [0.2, 0.25) is 0 Å². The van der Waals surface area contributed by atoms with Crippen molar-refractivity contribution in [2.45, 2.75) is 37.9 Å². The second-order valence-corrected chi connectivity index (χ2v) is 5.33. The van der Waals surface area contributed by atoms with Gasteiger partial charge >= 0.3 is 6.18 Å². The minimum absolute atomic E-state index is 0.350. The second kappa shape index (κ2) is 6.33. The Hall–Kier alpha value is -2.12. The fraction of sp³-hybridized carbons (Fsp3) is 0.500. The molecule has 1 aromatic heterocycles. The first-order valence-electron chi connectivity index (χ1n) is 6.91. The summed E-state index contributed by atoms with van der Waals surface area (Å²) in [7, 11) is 0. The maximum Gasteiger partial charge on any atom is 0.434 e. The van der Waals surface area contributed by atoms with Gasteiger partial charge in [-0.2, -0.15) is 13.2 Å². The van der Waals surface area contributed by atoms with Crippen molar-refractivity contribution in [3.63, 3.8) is 0 Å². The summed E-state index contributed by atoms with van der Waals surface area (Å²) < 4.78 is 38.6. The minimum Gasteiger partial charge on any atom is -0.369 e.